The maximum Gasteiger partial charge on any atom is 0.313 e. The Morgan fingerprint density at radius 1 is 0.765 bits per heavy atom. The van der Waals surface area contributed by atoms with Crippen LogP contribution < -0.4 is 0 Å². The molecule has 1 atom stereocenters. The van der Waals surface area contributed by atoms with E-state index >= 15 is 0 Å². The number of hydrogen-bond donors (Lipinski definition) is 5. The average Bonchev–Trinajstić information content (AvgIpc) is 2.37. The van der Waals surface area contributed by atoms with Gasteiger partial charge in [-0.3, -0.25) is 0 Å². The summed E-state index contributed by atoms with van der Waals surface area (Å²) in [5, 5.41) is 44.4. The number of rotatable bonds is 11. The Bertz CT molecular complexity index is 155. The first-order chi connectivity index (χ1) is 8.16. The highest BCUT2D eigenvalue weighted by atomic mass is 16.9. The zero-order valence-electron chi connectivity index (χ0n) is 9.49. The normalized spacial score (nSPS) is 13.9. The van der Waals surface area contributed by atoms with E-state index in [-0.39, 0.29) is 39.6 Å². The van der Waals surface area contributed by atoms with Crippen molar-refractivity contribution in [3.8, 4) is 0 Å². The Hall–Kier alpha value is -0.320. The molecule has 0 amide bonds. The minimum absolute atomic E-state index is 0.200. The molecule has 0 aromatic rings. The van der Waals surface area contributed by atoms with E-state index < -0.39 is 18.7 Å². The van der Waals surface area contributed by atoms with Crippen LogP contribution in [-0.2, 0) is 14.2 Å². The quantitative estimate of drug-likeness (QED) is 0.248. The molecule has 0 radical (unpaired) electrons. The molecule has 0 aliphatic rings. The minimum Gasteiger partial charge on any atom is -0.394 e. The highest BCUT2D eigenvalue weighted by Gasteiger charge is 2.41. The van der Waals surface area contributed by atoms with Gasteiger partial charge in [-0.05, 0) is 0 Å². The lowest BCUT2D eigenvalue weighted by molar-refractivity contribution is -0.418. The van der Waals surface area contributed by atoms with Crippen molar-refractivity contribution in [2.45, 2.75) is 12.1 Å². The van der Waals surface area contributed by atoms with Crippen molar-refractivity contribution in [1.82, 2.24) is 0 Å². The fourth-order valence-corrected chi connectivity index (χ4v) is 1.09. The topological polar surface area (TPSA) is 129 Å². The van der Waals surface area contributed by atoms with Gasteiger partial charge in [-0.1, -0.05) is 0 Å². The van der Waals surface area contributed by atoms with Crippen molar-refractivity contribution in [1.29, 1.82) is 0 Å². The summed E-state index contributed by atoms with van der Waals surface area (Å²) >= 11 is 0. The summed E-state index contributed by atoms with van der Waals surface area (Å²) in [5.74, 6) is -2.01. The minimum atomic E-state index is -2.01. The van der Waals surface area contributed by atoms with Gasteiger partial charge in [-0.2, -0.15) is 0 Å². The van der Waals surface area contributed by atoms with Crippen LogP contribution in [0.4, 0.5) is 0 Å². The van der Waals surface area contributed by atoms with E-state index in [4.69, 9.17) is 34.6 Å². The van der Waals surface area contributed by atoms with Crippen LogP contribution in [-0.4, -0.2) is 83.9 Å². The molecule has 0 spiro atoms. The van der Waals surface area contributed by atoms with Gasteiger partial charge in [0, 0.05) is 0 Å². The van der Waals surface area contributed by atoms with E-state index in [1.54, 1.807) is 0 Å². The first-order valence-corrected chi connectivity index (χ1v) is 5.20. The van der Waals surface area contributed by atoms with E-state index in [2.05, 4.69) is 0 Å². The largest absolute Gasteiger partial charge is 0.394 e. The molecule has 0 fully saturated rings. The number of ether oxygens (including phenoxy) is 3. The summed E-state index contributed by atoms with van der Waals surface area (Å²) in [6.07, 6.45) is -1.54. The molecule has 0 bridgehead atoms. The highest BCUT2D eigenvalue weighted by Crippen LogP contribution is 2.20. The molecule has 0 aliphatic heterocycles. The molecule has 17 heavy (non-hydrogen) atoms. The van der Waals surface area contributed by atoms with Crippen molar-refractivity contribution in [2.24, 2.45) is 0 Å². The third-order valence-electron chi connectivity index (χ3n) is 1.76. The van der Waals surface area contributed by atoms with Crippen LogP contribution in [0.2, 0.25) is 0 Å². The van der Waals surface area contributed by atoms with Crippen LogP contribution in [0.15, 0.2) is 0 Å². The smallest absolute Gasteiger partial charge is 0.313 e. The summed E-state index contributed by atoms with van der Waals surface area (Å²) in [4.78, 5) is 0. The Balaban J connectivity index is 4.63. The predicted octanol–water partition coefficient (Wildman–Crippen LogP) is -2.98. The van der Waals surface area contributed by atoms with E-state index in [1.165, 1.54) is 0 Å². The number of aliphatic hydroxyl groups excluding tert-OH is 5. The second-order valence-electron chi connectivity index (χ2n) is 3.02. The van der Waals surface area contributed by atoms with Crippen molar-refractivity contribution >= 4 is 0 Å². The standard InChI is InChI=1S/C9H20O8/c10-1-4-15-9(8(14)7-13,16-5-2-11)17-6-3-12/h8,10-14H,1-7H2. The summed E-state index contributed by atoms with van der Waals surface area (Å²) < 4.78 is 15.0. The van der Waals surface area contributed by atoms with Gasteiger partial charge in [-0.25, -0.2) is 0 Å². The zero-order valence-corrected chi connectivity index (χ0v) is 9.49. The third kappa shape index (κ3) is 5.70. The highest BCUT2D eigenvalue weighted by molar-refractivity contribution is 4.69. The van der Waals surface area contributed by atoms with Gasteiger partial charge in [0.15, 0.2) is 6.10 Å². The molecule has 0 aromatic heterocycles. The Labute approximate surface area is 99.0 Å². The van der Waals surface area contributed by atoms with Gasteiger partial charge in [0.05, 0.1) is 46.2 Å². The van der Waals surface area contributed by atoms with Crippen molar-refractivity contribution in [3.63, 3.8) is 0 Å². The zero-order chi connectivity index (χ0) is 13.1. The third-order valence-corrected chi connectivity index (χ3v) is 1.76. The second-order valence-corrected chi connectivity index (χ2v) is 3.02. The van der Waals surface area contributed by atoms with Gasteiger partial charge < -0.3 is 39.7 Å². The molecule has 1 unspecified atom stereocenters. The van der Waals surface area contributed by atoms with Gasteiger partial charge >= 0.3 is 5.97 Å². The number of aliphatic hydroxyl groups is 5. The van der Waals surface area contributed by atoms with Crippen LogP contribution in [0.3, 0.4) is 0 Å². The van der Waals surface area contributed by atoms with E-state index in [1.807, 2.05) is 0 Å². The maximum absolute atomic E-state index is 9.58. The molecule has 8 nitrogen and oxygen atoms in total. The molecule has 0 heterocycles. The molecular formula is C9H20O8. The van der Waals surface area contributed by atoms with Crippen LogP contribution in [0, 0.1) is 0 Å². The summed E-state index contributed by atoms with van der Waals surface area (Å²) in [6, 6.07) is 0. The van der Waals surface area contributed by atoms with Gasteiger partial charge in [0.1, 0.15) is 0 Å². The molecule has 0 aromatic carbocycles. The second kappa shape index (κ2) is 9.68. The van der Waals surface area contributed by atoms with E-state index in [9.17, 15) is 5.11 Å². The van der Waals surface area contributed by atoms with Crippen molar-refractivity contribution < 1.29 is 39.7 Å². The molecule has 104 valence electrons. The lowest BCUT2D eigenvalue weighted by atomic mass is 10.3. The molecule has 8 heteroatoms. The van der Waals surface area contributed by atoms with Gasteiger partial charge in [0.2, 0.25) is 0 Å². The molecular weight excluding hydrogens is 236 g/mol. The molecule has 0 saturated carbocycles. The van der Waals surface area contributed by atoms with Crippen molar-refractivity contribution in [2.75, 3.05) is 46.2 Å². The Morgan fingerprint density at radius 3 is 1.35 bits per heavy atom. The molecule has 0 rings (SSSR count). The Morgan fingerprint density at radius 2 is 1.12 bits per heavy atom. The molecule has 0 saturated heterocycles. The Kier molecular flexibility index (Phi) is 9.50. The molecule has 0 aliphatic carbocycles. The van der Waals surface area contributed by atoms with E-state index in [0.29, 0.717) is 0 Å². The van der Waals surface area contributed by atoms with Crippen molar-refractivity contribution in [3.05, 3.63) is 0 Å². The van der Waals surface area contributed by atoms with Gasteiger partial charge in [0.25, 0.3) is 0 Å². The van der Waals surface area contributed by atoms with Crippen LogP contribution in [0.25, 0.3) is 0 Å². The fraction of sp³-hybridized carbons (Fsp3) is 1.00. The van der Waals surface area contributed by atoms with Crippen LogP contribution in [0.5, 0.6) is 0 Å². The lowest BCUT2D eigenvalue weighted by Gasteiger charge is -2.35. The summed E-state index contributed by atoms with van der Waals surface area (Å²) in [5.41, 5.74) is 0. The average molecular weight is 256 g/mol. The summed E-state index contributed by atoms with van der Waals surface area (Å²) in [7, 11) is 0. The SMILES string of the molecule is OCCOC(OCCO)(OCCO)C(O)CO. The first kappa shape index (κ1) is 16.7. The fourth-order valence-electron chi connectivity index (χ4n) is 1.09. The van der Waals surface area contributed by atoms with Gasteiger partial charge in [-0.15, -0.1) is 0 Å². The first-order valence-electron chi connectivity index (χ1n) is 5.20. The predicted molar refractivity (Wildman–Crippen MR) is 54.9 cm³/mol. The number of hydrogen-bond acceptors (Lipinski definition) is 8. The monoisotopic (exact) mass is 256 g/mol. The van der Waals surface area contributed by atoms with Crippen LogP contribution in [0.1, 0.15) is 0 Å². The van der Waals surface area contributed by atoms with Crippen LogP contribution >= 0.6 is 0 Å². The maximum atomic E-state index is 9.58. The molecule has 5 N–H and O–H groups in total. The summed E-state index contributed by atoms with van der Waals surface area (Å²) in [6.45, 7) is -2.33. The lowest BCUT2D eigenvalue weighted by Crippen LogP contribution is -2.53. The van der Waals surface area contributed by atoms with E-state index in [0.717, 1.165) is 0 Å².